The van der Waals surface area contributed by atoms with E-state index in [9.17, 15) is 23.1 Å². The number of carbonyl (C=O) groups excluding carboxylic acids is 1. The Morgan fingerprint density at radius 3 is 2.43 bits per heavy atom. The van der Waals surface area contributed by atoms with Crippen molar-refractivity contribution in [3.8, 4) is 0 Å². The highest BCUT2D eigenvalue weighted by atomic mass is 32.2. The fourth-order valence-electron chi connectivity index (χ4n) is 3.51. The third kappa shape index (κ3) is 3.62. The lowest BCUT2D eigenvalue weighted by atomic mass is 10.1. The summed E-state index contributed by atoms with van der Waals surface area (Å²) < 4.78 is 29.5. The molecule has 1 saturated heterocycles. The standard InChI is InChI=1S/C20H21N3O5S2/c1-11(2)18(19(24)25)22-30(27,28)13-4-6-15-14-5-3-12(23-8-7-21-20(23)26)9-16(14)29-17(15)10-13/h3-6,9-11,18,22H,7-8H2,1-2H3,(H,21,26)(H,24,25)/t18-/m0/s1. The highest BCUT2D eigenvalue weighted by molar-refractivity contribution is 7.89. The van der Waals surface area contributed by atoms with Crippen LogP contribution in [-0.4, -0.2) is 44.7 Å². The molecule has 1 aliphatic rings. The molecule has 158 valence electrons. The Bertz CT molecular complexity index is 1270. The maximum atomic E-state index is 12.8. The van der Waals surface area contributed by atoms with Gasteiger partial charge in [-0.2, -0.15) is 4.72 Å². The van der Waals surface area contributed by atoms with Crippen molar-refractivity contribution in [2.75, 3.05) is 18.0 Å². The first kappa shape index (κ1) is 20.6. The quantitative estimate of drug-likeness (QED) is 0.537. The number of amides is 2. The van der Waals surface area contributed by atoms with Crippen LogP contribution in [0.15, 0.2) is 41.3 Å². The van der Waals surface area contributed by atoms with Gasteiger partial charge in [-0.15, -0.1) is 11.3 Å². The molecular formula is C20H21N3O5S2. The van der Waals surface area contributed by atoms with E-state index in [1.165, 1.54) is 17.4 Å². The van der Waals surface area contributed by atoms with Gasteiger partial charge in [0, 0.05) is 38.9 Å². The number of nitrogens with zero attached hydrogens (tertiary/aromatic N) is 1. The third-order valence-electron chi connectivity index (χ3n) is 5.12. The van der Waals surface area contributed by atoms with Crippen LogP contribution in [0.5, 0.6) is 0 Å². The topological polar surface area (TPSA) is 116 Å². The van der Waals surface area contributed by atoms with Crippen molar-refractivity contribution in [1.29, 1.82) is 0 Å². The zero-order valence-corrected chi connectivity index (χ0v) is 18.0. The molecule has 1 atom stereocenters. The van der Waals surface area contributed by atoms with Gasteiger partial charge in [-0.1, -0.05) is 26.0 Å². The van der Waals surface area contributed by atoms with Gasteiger partial charge in [-0.05, 0) is 30.2 Å². The number of carboxylic acids is 1. The Morgan fingerprint density at radius 2 is 1.83 bits per heavy atom. The number of carboxylic acid groups (broad SMARTS) is 1. The first-order chi connectivity index (χ1) is 14.2. The van der Waals surface area contributed by atoms with Crippen molar-refractivity contribution in [3.05, 3.63) is 36.4 Å². The number of urea groups is 1. The van der Waals surface area contributed by atoms with Crippen LogP contribution >= 0.6 is 11.3 Å². The Labute approximate surface area is 177 Å². The molecule has 3 aromatic rings. The van der Waals surface area contributed by atoms with Gasteiger partial charge in [0.1, 0.15) is 6.04 Å². The summed E-state index contributed by atoms with van der Waals surface area (Å²) in [5.41, 5.74) is 0.791. The van der Waals surface area contributed by atoms with E-state index >= 15 is 0 Å². The molecule has 2 aromatic carbocycles. The summed E-state index contributed by atoms with van der Waals surface area (Å²) in [5, 5.41) is 14.0. The van der Waals surface area contributed by atoms with Crippen LogP contribution in [0.4, 0.5) is 10.5 Å². The Balaban J connectivity index is 1.72. The lowest BCUT2D eigenvalue weighted by Gasteiger charge is -2.18. The minimum absolute atomic E-state index is 0.0209. The number of thiophene rings is 1. The summed E-state index contributed by atoms with van der Waals surface area (Å²) in [5.74, 6) is -1.61. The molecule has 1 aliphatic heterocycles. The van der Waals surface area contributed by atoms with Crippen molar-refractivity contribution in [1.82, 2.24) is 10.0 Å². The van der Waals surface area contributed by atoms with E-state index in [-0.39, 0.29) is 10.9 Å². The molecule has 0 unspecified atom stereocenters. The van der Waals surface area contributed by atoms with Gasteiger partial charge >= 0.3 is 12.0 Å². The highest BCUT2D eigenvalue weighted by Crippen LogP contribution is 2.37. The molecular weight excluding hydrogens is 426 g/mol. The summed E-state index contributed by atoms with van der Waals surface area (Å²) in [7, 11) is -3.99. The number of sulfonamides is 1. The van der Waals surface area contributed by atoms with Crippen molar-refractivity contribution < 1.29 is 23.1 Å². The van der Waals surface area contributed by atoms with E-state index in [1.807, 2.05) is 18.2 Å². The van der Waals surface area contributed by atoms with E-state index in [2.05, 4.69) is 10.0 Å². The van der Waals surface area contributed by atoms with Gasteiger partial charge in [-0.3, -0.25) is 9.69 Å². The largest absolute Gasteiger partial charge is 0.480 e. The van der Waals surface area contributed by atoms with Crippen LogP contribution in [0.25, 0.3) is 20.2 Å². The molecule has 30 heavy (non-hydrogen) atoms. The van der Waals surface area contributed by atoms with Crippen LogP contribution in [0, 0.1) is 5.92 Å². The monoisotopic (exact) mass is 447 g/mol. The fraction of sp³-hybridized carbons (Fsp3) is 0.300. The highest BCUT2D eigenvalue weighted by Gasteiger charge is 2.28. The number of fused-ring (bicyclic) bond motifs is 3. The first-order valence-electron chi connectivity index (χ1n) is 9.44. The fourth-order valence-corrected chi connectivity index (χ4v) is 6.12. The minimum atomic E-state index is -3.99. The van der Waals surface area contributed by atoms with Crippen molar-refractivity contribution >= 4 is 59.2 Å². The summed E-state index contributed by atoms with van der Waals surface area (Å²) in [6.07, 6.45) is 0. The molecule has 1 fully saturated rings. The predicted molar refractivity (Wildman–Crippen MR) is 117 cm³/mol. The lowest BCUT2D eigenvalue weighted by molar-refractivity contribution is -0.140. The van der Waals surface area contributed by atoms with Crippen LogP contribution in [0.2, 0.25) is 0 Å². The number of aliphatic carboxylic acids is 1. The average molecular weight is 448 g/mol. The van der Waals surface area contributed by atoms with E-state index in [0.717, 1.165) is 25.9 Å². The number of nitrogens with one attached hydrogen (secondary N) is 2. The van der Waals surface area contributed by atoms with Gasteiger partial charge in [0.2, 0.25) is 10.0 Å². The van der Waals surface area contributed by atoms with Crippen molar-refractivity contribution in [3.63, 3.8) is 0 Å². The number of carbonyl (C=O) groups is 2. The summed E-state index contributed by atoms with van der Waals surface area (Å²) in [4.78, 5) is 25.0. The van der Waals surface area contributed by atoms with Crippen LogP contribution < -0.4 is 14.9 Å². The van der Waals surface area contributed by atoms with Crippen LogP contribution in [0.3, 0.4) is 0 Å². The van der Waals surface area contributed by atoms with E-state index in [4.69, 9.17) is 0 Å². The number of rotatable bonds is 6. The van der Waals surface area contributed by atoms with Gasteiger partial charge in [0.05, 0.1) is 4.90 Å². The Morgan fingerprint density at radius 1 is 1.17 bits per heavy atom. The zero-order valence-electron chi connectivity index (χ0n) is 16.4. The molecule has 2 amide bonds. The molecule has 1 aromatic heterocycles. The number of hydrogen-bond donors (Lipinski definition) is 3. The second-order valence-corrected chi connectivity index (χ2v) is 10.3. The van der Waals surface area contributed by atoms with Gasteiger partial charge in [-0.25, -0.2) is 13.2 Å². The van der Waals surface area contributed by atoms with E-state index < -0.39 is 28.0 Å². The first-order valence-corrected chi connectivity index (χ1v) is 11.7. The normalized spacial score (nSPS) is 15.8. The molecule has 0 radical (unpaired) electrons. The Hall–Kier alpha value is -2.69. The smallest absolute Gasteiger partial charge is 0.322 e. The van der Waals surface area contributed by atoms with Gasteiger partial charge in [0.15, 0.2) is 0 Å². The van der Waals surface area contributed by atoms with Crippen molar-refractivity contribution in [2.45, 2.75) is 24.8 Å². The van der Waals surface area contributed by atoms with Crippen LogP contribution in [0.1, 0.15) is 13.8 Å². The maximum absolute atomic E-state index is 12.8. The second-order valence-electron chi connectivity index (χ2n) is 7.51. The van der Waals surface area contributed by atoms with Crippen molar-refractivity contribution in [2.24, 2.45) is 5.92 Å². The molecule has 4 rings (SSSR count). The predicted octanol–water partition coefficient (Wildman–Crippen LogP) is 2.97. The molecule has 8 nitrogen and oxygen atoms in total. The Kier molecular flexibility index (Phi) is 5.16. The third-order valence-corrected chi connectivity index (χ3v) is 7.68. The minimum Gasteiger partial charge on any atom is -0.480 e. The van der Waals surface area contributed by atoms with Gasteiger partial charge < -0.3 is 10.4 Å². The lowest BCUT2D eigenvalue weighted by Crippen LogP contribution is -2.44. The molecule has 0 spiro atoms. The molecule has 10 heteroatoms. The molecule has 2 heterocycles. The SMILES string of the molecule is CC(C)[C@H](NS(=O)(=O)c1ccc2c(c1)sc1cc(N3CCNC3=O)ccc12)C(=O)O. The second kappa shape index (κ2) is 7.53. The summed E-state index contributed by atoms with van der Waals surface area (Å²) in [6, 6.07) is 9.18. The van der Waals surface area contributed by atoms with Gasteiger partial charge in [0.25, 0.3) is 0 Å². The zero-order chi connectivity index (χ0) is 21.6. The maximum Gasteiger partial charge on any atom is 0.322 e. The molecule has 0 saturated carbocycles. The molecule has 0 bridgehead atoms. The number of benzene rings is 2. The average Bonchev–Trinajstić information content (AvgIpc) is 3.27. The summed E-state index contributed by atoms with van der Waals surface area (Å²) >= 11 is 1.43. The number of hydrogen-bond acceptors (Lipinski definition) is 5. The number of anilines is 1. The van der Waals surface area contributed by atoms with E-state index in [0.29, 0.717) is 13.1 Å². The van der Waals surface area contributed by atoms with Crippen LogP contribution in [-0.2, 0) is 14.8 Å². The van der Waals surface area contributed by atoms with E-state index in [1.54, 1.807) is 30.9 Å². The molecule has 0 aliphatic carbocycles. The molecule has 3 N–H and O–H groups in total. The summed E-state index contributed by atoms with van der Waals surface area (Å²) in [6.45, 7) is 4.50.